The van der Waals surface area contributed by atoms with Crippen molar-refractivity contribution < 1.29 is 14.7 Å². The van der Waals surface area contributed by atoms with E-state index < -0.39 is 12.0 Å². The summed E-state index contributed by atoms with van der Waals surface area (Å²) in [5.41, 5.74) is 0. The van der Waals surface area contributed by atoms with Crippen LogP contribution in [0.3, 0.4) is 0 Å². The number of carbonyl (C=O) groups excluding carboxylic acids is 1. The number of carboxylic acid groups (broad SMARTS) is 1. The first-order chi connectivity index (χ1) is 9.04. The van der Waals surface area contributed by atoms with Crippen LogP contribution < -0.4 is 5.32 Å². The highest BCUT2D eigenvalue weighted by atomic mass is 32.2. The molecule has 0 aromatic heterocycles. The number of amides is 2. The number of hydrogen-bond donors (Lipinski definition) is 2. The monoisotopic (exact) mass is 286 g/mol. The largest absolute Gasteiger partial charge is 0.480 e. The van der Waals surface area contributed by atoms with Crippen LogP contribution in [-0.2, 0) is 4.79 Å². The first kappa shape index (κ1) is 14.5. The van der Waals surface area contributed by atoms with Crippen LogP contribution in [0.25, 0.3) is 0 Å². The first-order valence-corrected chi connectivity index (χ1v) is 8.02. The molecule has 19 heavy (non-hydrogen) atoms. The summed E-state index contributed by atoms with van der Waals surface area (Å²) in [5.74, 6) is 0.136. The molecule has 6 heteroatoms. The van der Waals surface area contributed by atoms with Crippen molar-refractivity contribution in [2.75, 3.05) is 5.75 Å². The summed E-state index contributed by atoms with van der Waals surface area (Å²) in [5, 5.41) is 12.2. The first-order valence-electron chi connectivity index (χ1n) is 6.97. The fourth-order valence-corrected chi connectivity index (χ4v) is 4.01. The lowest BCUT2D eigenvalue weighted by Crippen LogP contribution is -2.53. The number of carboxylic acids is 1. The molecule has 0 radical (unpaired) electrons. The number of urea groups is 1. The third-order valence-corrected chi connectivity index (χ3v) is 5.62. The molecule has 108 valence electrons. The minimum absolute atomic E-state index is 0.0188. The summed E-state index contributed by atoms with van der Waals surface area (Å²) in [6.45, 7) is 4.00. The Morgan fingerprint density at radius 1 is 1.47 bits per heavy atom. The molecule has 2 fully saturated rings. The second-order valence-corrected chi connectivity index (χ2v) is 6.60. The third kappa shape index (κ3) is 2.99. The van der Waals surface area contributed by atoms with E-state index in [1.807, 2.05) is 13.8 Å². The predicted octanol–water partition coefficient (Wildman–Crippen LogP) is 2.12. The molecule has 1 heterocycles. The summed E-state index contributed by atoms with van der Waals surface area (Å²) in [6.07, 6.45) is 4.34. The second kappa shape index (κ2) is 6.03. The quantitative estimate of drug-likeness (QED) is 0.830. The molecular weight excluding hydrogens is 264 g/mol. The molecule has 2 N–H and O–H groups in total. The van der Waals surface area contributed by atoms with E-state index >= 15 is 0 Å². The third-order valence-electron chi connectivity index (χ3n) is 4.17. The van der Waals surface area contributed by atoms with Gasteiger partial charge >= 0.3 is 12.0 Å². The average Bonchev–Trinajstić information content (AvgIpc) is 2.69. The van der Waals surface area contributed by atoms with Crippen molar-refractivity contribution in [1.29, 1.82) is 0 Å². The molecule has 1 saturated heterocycles. The number of hydrogen-bond acceptors (Lipinski definition) is 3. The van der Waals surface area contributed by atoms with Crippen LogP contribution in [0.2, 0.25) is 0 Å². The molecule has 3 unspecified atom stereocenters. The van der Waals surface area contributed by atoms with Gasteiger partial charge in [0.25, 0.3) is 0 Å². The minimum atomic E-state index is -0.908. The van der Waals surface area contributed by atoms with Crippen molar-refractivity contribution in [1.82, 2.24) is 10.2 Å². The maximum Gasteiger partial charge on any atom is 0.327 e. The van der Waals surface area contributed by atoms with Crippen LogP contribution >= 0.6 is 11.8 Å². The van der Waals surface area contributed by atoms with Gasteiger partial charge in [0.05, 0.1) is 5.37 Å². The molecule has 0 spiro atoms. The fraction of sp³-hybridized carbons (Fsp3) is 0.846. The van der Waals surface area contributed by atoms with E-state index in [2.05, 4.69) is 5.32 Å². The zero-order chi connectivity index (χ0) is 14.0. The Kier molecular flexibility index (Phi) is 4.60. The summed E-state index contributed by atoms with van der Waals surface area (Å²) in [7, 11) is 0. The molecule has 0 aromatic carbocycles. The van der Waals surface area contributed by atoms with Gasteiger partial charge in [-0.15, -0.1) is 11.8 Å². The van der Waals surface area contributed by atoms with Gasteiger partial charge in [0, 0.05) is 11.8 Å². The second-order valence-electron chi connectivity index (χ2n) is 5.39. The lowest BCUT2D eigenvalue weighted by molar-refractivity contribution is -0.141. The summed E-state index contributed by atoms with van der Waals surface area (Å²) in [6, 6.07) is -0.772. The Bertz CT molecular complexity index is 360. The van der Waals surface area contributed by atoms with Gasteiger partial charge in [-0.3, -0.25) is 4.90 Å². The Hall–Kier alpha value is -0.910. The van der Waals surface area contributed by atoms with Crippen LogP contribution in [0, 0.1) is 5.92 Å². The van der Waals surface area contributed by atoms with Crippen molar-refractivity contribution in [3.8, 4) is 0 Å². The van der Waals surface area contributed by atoms with Gasteiger partial charge < -0.3 is 10.4 Å². The smallest absolute Gasteiger partial charge is 0.327 e. The molecule has 5 nitrogen and oxygen atoms in total. The van der Waals surface area contributed by atoms with E-state index in [1.54, 1.807) is 11.8 Å². The predicted molar refractivity (Wildman–Crippen MR) is 75.1 cm³/mol. The molecule has 2 aliphatic rings. The van der Waals surface area contributed by atoms with E-state index in [-0.39, 0.29) is 17.4 Å². The fourth-order valence-electron chi connectivity index (χ4n) is 2.67. The van der Waals surface area contributed by atoms with Crippen LogP contribution in [-0.4, -0.2) is 45.2 Å². The normalized spacial score (nSPS) is 28.8. The average molecular weight is 286 g/mol. The topological polar surface area (TPSA) is 69.6 Å². The minimum Gasteiger partial charge on any atom is -0.480 e. The van der Waals surface area contributed by atoms with Crippen molar-refractivity contribution in [2.24, 2.45) is 5.92 Å². The maximum absolute atomic E-state index is 12.3. The Morgan fingerprint density at radius 3 is 2.63 bits per heavy atom. The highest BCUT2D eigenvalue weighted by molar-refractivity contribution is 8.00. The highest BCUT2D eigenvalue weighted by Gasteiger charge is 2.41. The maximum atomic E-state index is 12.3. The van der Waals surface area contributed by atoms with E-state index in [0.717, 1.165) is 19.3 Å². The summed E-state index contributed by atoms with van der Waals surface area (Å²) < 4.78 is 0. The summed E-state index contributed by atoms with van der Waals surface area (Å²) in [4.78, 5) is 25.1. The standard InChI is InChI=1S/C13H22N2O3S/c1-3-11-15(10(7-19-11)12(16)17)13(18)14-8(2)9-5-4-6-9/h8-11H,3-7H2,1-2H3,(H,14,18)(H,16,17). The highest BCUT2D eigenvalue weighted by Crippen LogP contribution is 2.33. The molecule has 1 aliphatic heterocycles. The molecule has 2 rings (SSSR count). The lowest BCUT2D eigenvalue weighted by Gasteiger charge is -2.34. The molecule has 0 aromatic rings. The van der Waals surface area contributed by atoms with Crippen molar-refractivity contribution in [3.63, 3.8) is 0 Å². The summed E-state index contributed by atoms with van der Waals surface area (Å²) >= 11 is 1.55. The molecule has 3 atom stereocenters. The van der Waals surface area contributed by atoms with Gasteiger partial charge in [-0.1, -0.05) is 13.3 Å². The van der Waals surface area contributed by atoms with Crippen LogP contribution in [0.15, 0.2) is 0 Å². The SMILES string of the molecule is CCC1SCC(C(=O)O)N1C(=O)NC(C)C1CCC1. The molecular formula is C13H22N2O3S. The van der Waals surface area contributed by atoms with Gasteiger partial charge in [-0.2, -0.15) is 0 Å². The van der Waals surface area contributed by atoms with Gasteiger partial charge in [-0.25, -0.2) is 9.59 Å². The van der Waals surface area contributed by atoms with E-state index in [1.165, 1.54) is 11.3 Å². The molecule has 1 aliphatic carbocycles. The van der Waals surface area contributed by atoms with Crippen LogP contribution in [0.5, 0.6) is 0 Å². The van der Waals surface area contributed by atoms with Crippen molar-refractivity contribution in [3.05, 3.63) is 0 Å². The van der Waals surface area contributed by atoms with Gasteiger partial charge in [0.1, 0.15) is 6.04 Å². The number of nitrogens with one attached hydrogen (secondary N) is 1. The van der Waals surface area contributed by atoms with Gasteiger partial charge in [0.2, 0.25) is 0 Å². The Morgan fingerprint density at radius 2 is 2.16 bits per heavy atom. The van der Waals surface area contributed by atoms with Gasteiger partial charge in [-0.05, 0) is 32.1 Å². The number of aliphatic carboxylic acids is 1. The van der Waals surface area contributed by atoms with E-state index in [0.29, 0.717) is 11.7 Å². The molecule has 0 bridgehead atoms. The van der Waals surface area contributed by atoms with Crippen molar-refractivity contribution >= 4 is 23.8 Å². The number of rotatable bonds is 4. The van der Waals surface area contributed by atoms with Crippen LogP contribution in [0.1, 0.15) is 39.5 Å². The lowest BCUT2D eigenvalue weighted by atomic mass is 9.80. The molecule has 1 saturated carbocycles. The van der Waals surface area contributed by atoms with E-state index in [9.17, 15) is 14.7 Å². The van der Waals surface area contributed by atoms with Crippen molar-refractivity contribution in [2.45, 2.75) is 57.0 Å². The molecule has 2 amide bonds. The Labute approximate surface area is 118 Å². The number of nitrogens with zero attached hydrogens (tertiary/aromatic N) is 1. The number of carbonyl (C=O) groups is 2. The zero-order valence-corrected chi connectivity index (χ0v) is 12.3. The van der Waals surface area contributed by atoms with Gasteiger partial charge in [0.15, 0.2) is 0 Å². The van der Waals surface area contributed by atoms with Crippen LogP contribution in [0.4, 0.5) is 4.79 Å². The zero-order valence-electron chi connectivity index (χ0n) is 11.5. The van der Waals surface area contributed by atoms with E-state index in [4.69, 9.17) is 0 Å². The number of thioether (sulfide) groups is 1. The Balaban J connectivity index is 1.99.